The number of pyridine rings is 1. The summed E-state index contributed by atoms with van der Waals surface area (Å²) in [5.74, 6) is -0.0815. The number of hydrogen-bond donors (Lipinski definition) is 1. The van der Waals surface area contributed by atoms with Gasteiger partial charge in [-0.1, -0.05) is 18.2 Å². The number of nitrogen functional groups attached to an aromatic ring is 1. The number of benzene rings is 1. The first-order valence-corrected chi connectivity index (χ1v) is 6.66. The topological polar surface area (TPSA) is 68.5 Å². The van der Waals surface area contributed by atoms with Crippen LogP contribution in [0.2, 0.25) is 0 Å². The zero-order valence-corrected chi connectivity index (χ0v) is 11.4. The van der Waals surface area contributed by atoms with E-state index in [1.54, 1.807) is 18.1 Å². The summed E-state index contributed by atoms with van der Waals surface area (Å²) in [7, 11) is 1.67. The molecule has 2 aromatic rings. The minimum atomic E-state index is -0.0815. The number of fused-ring (bicyclic) bond motifs is 1. The third-order valence-electron chi connectivity index (χ3n) is 3.73. The fourth-order valence-corrected chi connectivity index (χ4v) is 2.58. The zero-order chi connectivity index (χ0) is 14.1. The van der Waals surface area contributed by atoms with Gasteiger partial charge < -0.3 is 15.4 Å². The SMILES string of the molecule is COC1CCN(C(=O)c2cc(N)c3ccccc3n2)C1. The molecule has 1 fully saturated rings. The lowest BCUT2D eigenvalue weighted by Gasteiger charge is -2.16. The molecule has 1 atom stereocenters. The molecule has 5 nitrogen and oxygen atoms in total. The molecule has 5 heteroatoms. The summed E-state index contributed by atoms with van der Waals surface area (Å²) in [6.45, 7) is 1.31. The van der Waals surface area contributed by atoms with E-state index >= 15 is 0 Å². The van der Waals surface area contributed by atoms with E-state index in [-0.39, 0.29) is 12.0 Å². The van der Waals surface area contributed by atoms with E-state index in [2.05, 4.69) is 4.98 Å². The maximum Gasteiger partial charge on any atom is 0.272 e. The van der Waals surface area contributed by atoms with Gasteiger partial charge in [-0.2, -0.15) is 0 Å². The molecule has 1 aromatic heterocycles. The van der Waals surface area contributed by atoms with E-state index in [0.717, 1.165) is 17.3 Å². The smallest absolute Gasteiger partial charge is 0.272 e. The van der Waals surface area contributed by atoms with Gasteiger partial charge in [0.25, 0.3) is 5.91 Å². The Labute approximate surface area is 117 Å². The lowest BCUT2D eigenvalue weighted by molar-refractivity contribution is 0.0719. The van der Waals surface area contributed by atoms with Crippen molar-refractivity contribution < 1.29 is 9.53 Å². The minimum Gasteiger partial charge on any atom is -0.398 e. The van der Waals surface area contributed by atoms with Crippen molar-refractivity contribution in [3.8, 4) is 0 Å². The van der Waals surface area contributed by atoms with Crippen molar-refractivity contribution in [2.45, 2.75) is 12.5 Å². The maximum absolute atomic E-state index is 12.5. The number of nitrogens with two attached hydrogens (primary N) is 1. The number of anilines is 1. The predicted octanol–water partition coefficient (Wildman–Crippen LogP) is 1.68. The van der Waals surface area contributed by atoms with Gasteiger partial charge >= 0.3 is 0 Å². The first kappa shape index (κ1) is 12.9. The number of nitrogens with zero attached hydrogens (tertiary/aromatic N) is 2. The van der Waals surface area contributed by atoms with Gasteiger partial charge in [-0.25, -0.2) is 4.98 Å². The Hall–Kier alpha value is -2.14. The largest absolute Gasteiger partial charge is 0.398 e. The van der Waals surface area contributed by atoms with Gasteiger partial charge in [-0.15, -0.1) is 0 Å². The Morgan fingerprint density at radius 3 is 3.00 bits per heavy atom. The highest BCUT2D eigenvalue weighted by atomic mass is 16.5. The second-order valence-electron chi connectivity index (χ2n) is 5.01. The molecule has 0 saturated carbocycles. The molecule has 1 aliphatic heterocycles. The second kappa shape index (κ2) is 5.09. The number of aromatic nitrogens is 1. The van der Waals surface area contributed by atoms with Crippen LogP contribution in [0.25, 0.3) is 10.9 Å². The molecule has 0 spiro atoms. The highest BCUT2D eigenvalue weighted by Gasteiger charge is 2.27. The number of carbonyl (C=O) groups excluding carboxylic acids is 1. The Bertz CT molecular complexity index is 657. The standard InChI is InChI=1S/C15H17N3O2/c1-20-10-6-7-18(9-10)15(19)14-8-12(16)11-4-2-3-5-13(11)17-14/h2-5,8,10H,6-7,9H2,1H3,(H2,16,17). The van der Waals surface area contributed by atoms with Gasteiger partial charge in [0.1, 0.15) is 5.69 Å². The van der Waals surface area contributed by atoms with Gasteiger partial charge in [0.05, 0.1) is 11.6 Å². The Morgan fingerprint density at radius 1 is 1.45 bits per heavy atom. The summed E-state index contributed by atoms with van der Waals surface area (Å²) in [6, 6.07) is 9.23. The third-order valence-corrected chi connectivity index (χ3v) is 3.73. The Kier molecular flexibility index (Phi) is 3.28. The molecule has 0 radical (unpaired) electrons. The van der Waals surface area contributed by atoms with E-state index in [9.17, 15) is 4.79 Å². The molecule has 20 heavy (non-hydrogen) atoms. The van der Waals surface area contributed by atoms with Crippen LogP contribution in [0.4, 0.5) is 5.69 Å². The monoisotopic (exact) mass is 271 g/mol. The molecule has 3 rings (SSSR count). The summed E-state index contributed by atoms with van der Waals surface area (Å²) in [6.07, 6.45) is 0.988. The van der Waals surface area contributed by atoms with Crippen LogP contribution < -0.4 is 5.73 Å². The molecular formula is C15H17N3O2. The summed E-state index contributed by atoms with van der Waals surface area (Å²) in [5.41, 5.74) is 7.75. The zero-order valence-electron chi connectivity index (χ0n) is 11.4. The molecule has 1 aromatic carbocycles. The highest BCUT2D eigenvalue weighted by Crippen LogP contribution is 2.22. The van der Waals surface area contributed by atoms with Crippen LogP contribution in [-0.4, -0.2) is 42.1 Å². The van der Waals surface area contributed by atoms with Crippen LogP contribution in [0.15, 0.2) is 30.3 Å². The van der Waals surface area contributed by atoms with Crippen molar-refractivity contribution in [3.05, 3.63) is 36.0 Å². The minimum absolute atomic E-state index is 0.0815. The molecule has 104 valence electrons. The van der Waals surface area contributed by atoms with Crippen molar-refractivity contribution in [2.24, 2.45) is 0 Å². The van der Waals surface area contributed by atoms with Crippen LogP contribution in [0.5, 0.6) is 0 Å². The number of para-hydroxylation sites is 1. The average molecular weight is 271 g/mol. The number of methoxy groups -OCH3 is 1. The van der Waals surface area contributed by atoms with Gasteiger partial charge in [0.15, 0.2) is 0 Å². The summed E-state index contributed by atoms with van der Waals surface area (Å²) < 4.78 is 5.28. The predicted molar refractivity (Wildman–Crippen MR) is 77.5 cm³/mol. The van der Waals surface area contributed by atoms with Gasteiger partial charge in [0, 0.05) is 31.3 Å². The number of likely N-dealkylation sites (tertiary alicyclic amines) is 1. The molecule has 2 heterocycles. The van der Waals surface area contributed by atoms with Crippen molar-refractivity contribution >= 4 is 22.5 Å². The molecule has 2 N–H and O–H groups in total. The van der Waals surface area contributed by atoms with E-state index in [1.165, 1.54) is 0 Å². The maximum atomic E-state index is 12.5. The van der Waals surface area contributed by atoms with Crippen molar-refractivity contribution in [3.63, 3.8) is 0 Å². The number of amides is 1. The molecule has 0 aliphatic carbocycles. The summed E-state index contributed by atoms with van der Waals surface area (Å²) in [5, 5.41) is 0.875. The fourth-order valence-electron chi connectivity index (χ4n) is 2.58. The van der Waals surface area contributed by atoms with E-state index < -0.39 is 0 Å². The van der Waals surface area contributed by atoms with E-state index in [1.807, 2.05) is 24.3 Å². The molecule has 1 saturated heterocycles. The van der Waals surface area contributed by atoms with E-state index in [4.69, 9.17) is 10.5 Å². The molecular weight excluding hydrogens is 254 g/mol. The fraction of sp³-hybridized carbons (Fsp3) is 0.333. The van der Waals surface area contributed by atoms with Crippen molar-refractivity contribution in [1.29, 1.82) is 0 Å². The highest BCUT2D eigenvalue weighted by molar-refractivity contribution is 5.99. The Balaban J connectivity index is 1.92. The van der Waals surface area contributed by atoms with Crippen LogP contribution >= 0.6 is 0 Å². The molecule has 1 unspecified atom stereocenters. The van der Waals surface area contributed by atoms with Crippen LogP contribution in [0, 0.1) is 0 Å². The molecule has 1 aliphatic rings. The first-order chi connectivity index (χ1) is 9.69. The van der Waals surface area contributed by atoms with Gasteiger partial charge in [0.2, 0.25) is 0 Å². The summed E-state index contributed by atoms with van der Waals surface area (Å²) in [4.78, 5) is 18.6. The number of hydrogen-bond acceptors (Lipinski definition) is 4. The lowest BCUT2D eigenvalue weighted by atomic mass is 10.1. The second-order valence-corrected chi connectivity index (χ2v) is 5.01. The average Bonchev–Trinajstić information content (AvgIpc) is 2.95. The summed E-state index contributed by atoms with van der Waals surface area (Å²) >= 11 is 0. The quantitative estimate of drug-likeness (QED) is 0.902. The number of rotatable bonds is 2. The van der Waals surface area contributed by atoms with Gasteiger partial charge in [-0.05, 0) is 18.6 Å². The lowest BCUT2D eigenvalue weighted by Crippen LogP contribution is -2.30. The number of carbonyl (C=O) groups is 1. The molecule has 0 bridgehead atoms. The van der Waals surface area contributed by atoms with Crippen LogP contribution in [0.3, 0.4) is 0 Å². The van der Waals surface area contributed by atoms with Gasteiger partial charge in [-0.3, -0.25) is 4.79 Å². The van der Waals surface area contributed by atoms with Crippen LogP contribution in [0.1, 0.15) is 16.9 Å². The third kappa shape index (κ3) is 2.20. The van der Waals surface area contributed by atoms with Crippen molar-refractivity contribution in [2.75, 3.05) is 25.9 Å². The first-order valence-electron chi connectivity index (χ1n) is 6.66. The van der Waals surface area contributed by atoms with Crippen LogP contribution in [-0.2, 0) is 4.74 Å². The molecule has 1 amide bonds. The Morgan fingerprint density at radius 2 is 2.25 bits per heavy atom. The van der Waals surface area contributed by atoms with Crippen molar-refractivity contribution in [1.82, 2.24) is 9.88 Å². The van der Waals surface area contributed by atoms with E-state index in [0.29, 0.717) is 24.5 Å². The normalized spacial score (nSPS) is 18.6. The number of ether oxygens (including phenoxy) is 1.